The molecule has 0 heterocycles. The van der Waals surface area contributed by atoms with Crippen LogP contribution in [0.1, 0.15) is 10.4 Å². The van der Waals surface area contributed by atoms with E-state index in [2.05, 4.69) is 4.74 Å². The molecule has 0 fully saturated rings. The third-order valence-electron chi connectivity index (χ3n) is 2.30. The number of amides is 1. The molecule has 18 heavy (non-hydrogen) atoms. The van der Waals surface area contributed by atoms with Gasteiger partial charge in [-0.2, -0.15) is 4.74 Å². The maximum atomic E-state index is 11.9. The Morgan fingerprint density at radius 3 is 1.94 bits per heavy atom. The molecule has 0 aliphatic heterocycles. The SMILES string of the molecule is O=C(N=P(Cl)(Cl)c1ccccc1)c1ccccc1. The topological polar surface area (TPSA) is 29.4 Å². The molecule has 1 amide bonds. The van der Waals surface area contributed by atoms with Crippen LogP contribution in [0.5, 0.6) is 0 Å². The van der Waals surface area contributed by atoms with Crippen LogP contribution in [0.3, 0.4) is 0 Å². The molecular weight excluding hydrogens is 288 g/mol. The van der Waals surface area contributed by atoms with Crippen LogP contribution in [-0.2, 0) is 0 Å². The number of halogens is 2. The average Bonchev–Trinajstić information content (AvgIpc) is 2.40. The number of rotatable bonds is 2. The van der Waals surface area contributed by atoms with Crippen LogP contribution in [0.25, 0.3) is 0 Å². The van der Waals surface area contributed by atoms with Gasteiger partial charge in [-0.15, -0.1) is 0 Å². The van der Waals surface area contributed by atoms with Gasteiger partial charge in [0, 0.05) is 10.9 Å². The van der Waals surface area contributed by atoms with Gasteiger partial charge >= 0.3 is 0 Å². The van der Waals surface area contributed by atoms with Gasteiger partial charge in [-0.3, -0.25) is 4.79 Å². The van der Waals surface area contributed by atoms with E-state index in [9.17, 15) is 4.79 Å². The Balaban J connectivity index is 2.36. The third kappa shape index (κ3) is 3.23. The van der Waals surface area contributed by atoms with Crippen LogP contribution >= 0.6 is 28.2 Å². The van der Waals surface area contributed by atoms with Crippen LogP contribution < -0.4 is 5.30 Å². The molecule has 0 N–H and O–H groups in total. The predicted molar refractivity (Wildman–Crippen MR) is 77.9 cm³/mol. The fourth-order valence-electron chi connectivity index (χ4n) is 1.42. The summed E-state index contributed by atoms with van der Waals surface area (Å²) >= 11 is 12.4. The molecule has 0 radical (unpaired) electrons. The van der Waals surface area contributed by atoms with Crippen LogP contribution in [0.2, 0.25) is 0 Å². The van der Waals surface area contributed by atoms with Crippen molar-refractivity contribution < 1.29 is 4.79 Å². The lowest BCUT2D eigenvalue weighted by Crippen LogP contribution is -1.99. The van der Waals surface area contributed by atoms with Gasteiger partial charge < -0.3 is 0 Å². The summed E-state index contributed by atoms with van der Waals surface area (Å²) in [6.45, 7) is 0. The largest absolute Gasteiger partial charge is 0.278 e. The lowest BCUT2D eigenvalue weighted by atomic mass is 10.2. The Labute approximate surface area is 115 Å². The zero-order valence-corrected chi connectivity index (χ0v) is 11.7. The highest BCUT2D eigenvalue weighted by atomic mass is 35.9. The molecule has 0 bridgehead atoms. The van der Waals surface area contributed by atoms with E-state index in [-0.39, 0.29) is 0 Å². The summed E-state index contributed by atoms with van der Waals surface area (Å²) in [6.07, 6.45) is 0. The fourth-order valence-corrected chi connectivity index (χ4v) is 3.50. The Hall–Kier alpha value is -1.08. The van der Waals surface area contributed by atoms with Gasteiger partial charge in [-0.05, 0) is 12.1 Å². The second kappa shape index (κ2) is 5.71. The van der Waals surface area contributed by atoms with Crippen molar-refractivity contribution in [1.82, 2.24) is 0 Å². The monoisotopic (exact) mass is 297 g/mol. The molecule has 0 aromatic heterocycles. The van der Waals surface area contributed by atoms with Gasteiger partial charge in [0.25, 0.3) is 5.91 Å². The normalized spacial score (nSPS) is 11.0. The lowest BCUT2D eigenvalue weighted by molar-refractivity contribution is 0.100. The maximum Gasteiger partial charge on any atom is 0.278 e. The molecule has 0 spiro atoms. The standard InChI is InChI=1S/C13H10Cl2NOP/c14-18(15,12-9-5-2-6-10-12)16-13(17)11-7-3-1-4-8-11/h1-10H. The van der Waals surface area contributed by atoms with E-state index in [0.29, 0.717) is 10.9 Å². The van der Waals surface area contributed by atoms with Gasteiger partial charge in [0.1, 0.15) is 0 Å². The molecule has 2 aromatic rings. The molecule has 0 unspecified atom stereocenters. The first-order valence-corrected chi connectivity index (χ1v) is 8.81. The number of hydrogen-bond acceptors (Lipinski definition) is 1. The molecule has 0 aliphatic rings. The van der Waals surface area contributed by atoms with Crippen molar-refractivity contribution in [2.75, 3.05) is 0 Å². The highest BCUT2D eigenvalue weighted by molar-refractivity contribution is 8.15. The van der Waals surface area contributed by atoms with E-state index in [4.69, 9.17) is 22.5 Å². The van der Waals surface area contributed by atoms with Crippen molar-refractivity contribution >= 4 is 39.5 Å². The molecule has 2 nitrogen and oxygen atoms in total. The van der Waals surface area contributed by atoms with Gasteiger partial charge in [0.15, 0.2) is 5.76 Å². The molecule has 0 saturated heterocycles. The minimum Gasteiger partial charge on any atom is -0.267 e. The molecule has 2 rings (SSSR count). The first kappa shape index (κ1) is 13.4. The zero-order chi connectivity index (χ0) is 13.0. The smallest absolute Gasteiger partial charge is 0.267 e. The molecule has 5 heteroatoms. The third-order valence-corrected chi connectivity index (χ3v) is 5.28. The first-order chi connectivity index (χ1) is 8.59. The number of carbonyl (C=O) groups excluding carboxylic acids is 1. The average molecular weight is 298 g/mol. The molecule has 0 atom stereocenters. The summed E-state index contributed by atoms with van der Waals surface area (Å²) < 4.78 is 3.95. The predicted octanol–water partition coefficient (Wildman–Crippen LogP) is 4.66. The second-order valence-corrected chi connectivity index (χ2v) is 8.73. The van der Waals surface area contributed by atoms with Gasteiger partial charge in [0.05, 0.1) is 0 Å². The number of benzene rings is 2. The first-order valence-electron chi connectivity index (χ1n) is 5.26. The number of carbonyl (C=O) groups is 1. The molecule has 0 aliphatic carbocycles. The van der Waals surface area contributed by atoms with Crippen molar-refractivity contribution in [3.63, 3.8) is 0 Å². The van der Waals surface area contributed by atoms with Gasteiger partial charge in [-0.1, -0.05) is 71.0 Å². The van der Waals surface area contributed by atoms with E-state index in [1.807, 2.05) is 24.3 Å². The summed E-state index contributed by atoms with van der Waals surface area (Å²) in [5, 5.41) is 0.678. The second-order valence-electron chi connectivity index (χ2n) is 3.59. The van der Waals surface area contributed by atoms with E-state index in [0.717, 1.165) is 0 Å². The Morgan fingerprint density at radius 2 is 1.39 bits per heavy atom. The van der Waals surface area contributed by atoms with E-state index in [1.165, 1.54) is 0 Å². The van der Waals surface area contributed by atoms with E-state index < -0.39 is 11.7 Å². The zero-order valence-electron chi connectivity index (χ0n) is 9.33. The molecular formula is C13H10Cl2NOP. The Bertz CT molecular complexity index is 593. The van der Waals surface area contributed by atoms with Gasteiger partial charge in [0.2, 0.25) is 0 Å². The molecule has 2 aromatic carbocycles. The van der Waals surface area contributed by atoms with Crippen LogP contribution in [0, 0.1) is 0 Å². The minimum absolute atomic E-state index is 0.391. The minimum atomic E-state index is -2.80. The summed E-state index contributed by atoms with van der Waals surface area (Å²) in [7, 11) is 0. The van der Waals surface area contributed by atoms with Crippen molar-refractivity contribution in [2.45, 2.75) is 0 Å². The fraction of sp³-hybridized carbons (Fsp3) is 0. The maximum absolute atomic E-state index is 11.9. The summed E-state index contributed by atoms with van der Waals surface area (Å²) in [6, 6.07) is 17.8. The lowest BCUT2D eigenvalue weighted by Gasteiger charge is -2.08. The van der Waals surface area contributed by atoms with Crippen molar-refractivity contribution in [2.24, 2.45) is 4.74 Å². The van der Waals surface area contributed by atoms with Gasteiger partial charge in [-0.25, -0.2) is 0 Å². The van der Waals surface area contributed by atoms with Crippen molar-refractivity contribution in [3.05, 3.63) is 66.2 Å². The summed E-state index contributed by atoms with van der Waals surface area (Å²) in [5.41, 5.74) is 0.485. The summed E-state index contributed by atoms with van der Waals surface area (Å²) in [5.74, 6) is -3.19. The van der Waals surface area contributed by atoms with Crippen LogP contribution in [-0.4, -0.2) is 5.91 Å². The number of nitrogens with zero attached hydrogens (tertiary/aromatic N) is 1. The quantitative estimate of drug-likeness (QED) is 0.741. The van der Waals surface area contributed by atoms with Crippen LogP contribution in [0.4, 0.5) is 0 Å². The molecule has 92 valence electrons. The molecule has 0 saturated carbocycles. The number of hydrogen-bond donors (Lipinski definition) is 0. The van der Waals surface area contributed by atoms with Crippen LogP contribution in [0.15, 0.2) is 65.4 Å². The summed E-state index contributed by atoms with van der Waals surface area (Å²) in [4.78, 5) is 11.9. The highest BCUT2D eigenvalue weighted by Gasteiger charge is 2.17. The van der Waals surface area contributed by atoms with E-state index >= 15 is 0 Å². The van der Waals surface area contributed by atoms with Crippen molar-refractivity contribution in [3.8, 4) is 0 Å². The Morgan fingerprint density at radius 1 is 0.889 bits per heavy atom. The Kier molecular flexibility index (Phi) is 4.23. The van der Waals surface area contributed by atoms with E-state index in [1.54, 1.807) is 36.4 Å². The van der Waals surface area contributed by atoms with Crippen molar-refractivity contribution in [1.29, 1.82) is 0 Å². The highest BCUT2D eigenvalue weighted by Crippen LogP contribution is 2.59.